The van der Waals surface area contributed by atoms with Crippen LogP contribution in [0.5, 0.6) is 0 Å². The van der Waals surface area contributed by atoms with Crippen LogP contribution in [0.1, 0.15) is 78.1 Å². The Bertz CT molecular complexity index is 894. The second kappa shape index (κ2) is 18.1. The summed E-state index contributed by atoms with van der Waals surface area (Å²) in [6.45, 7) is 8.07. The lowest BCUT2D eigenvalue weighted by Gasteiger charge is -2.28. The van der Waals surface area contributed by atoms with E-state index in [0.717, 1.165) is 44.9 Å². The first-order valence-electron chi connectivity index (χ1n) is 12.9. The molecule has 0 fully saturated rings. The van der Waals surface area contributed by atoms with E-state index >= 15 is 0 Å². The summed E-state index contributed by atoms with van der Waals surface area (Å²) in [6.07, 6.45) is 25.6. The van der Waals surface area contributed by atoms with E-state index in [1.807, 2.05) is 19.1 Å². The fourth-order valence-electron chi connectivity index (χ4n) is 4.01. The van der Waals surface area contributed by atoms with Gasteiger partial charge in [0.1, 0.15) is 0 Å². The summed E-state index contributed by atoms with van der Waals surface area (Å²) >= 11 is 0. The van der Waals surface area contributed by atoms with Crippen molar-refractivity contribution >= 4 is 16.0 Å². The highest BCUT2D eigenvalue weighted by Gasteiger charge is 2.26. The van der Waals surface area contributed by atoms with Crippen molar-refractivity contribution in [1.29, 1.82) is 0 Å². The Morgan fingerprint density at radius 2 is 1.94 bits per heavy atom. The average Bonchev–Trinajstić information content (AvgIpc) is 3.09. The molecule has 0 aromatic rings. The first-order chi connectivity index (χ1) is 16.8. The monoisotopic (exact) mass is 503 g/mol. The first-order valence-corrected chi connectivity index (χ1v) is 14.5. The minimum Gasteiger partial charge on any atom is -0.466 e. The van der Waals surface area contributed by atoms with Crippen molar-refractivity contribution in [3.8, 4) is 0 Å². The number of allylic oxidation sites excluding steroid dienone is 10. The van der Waals surface area contributed by atoms with Gasteiger partial charge in [0.2, 0.25) is 10.0 Å². The van der Waals surface area contributed by atoms with Gasteiger partial charge in [0, 0.05) is 19.5 Å². The lowest BCUT2D eigenvalue weighted by Crippen LogP contribution is -2.39. The number of ether oxygens (including phenoxy) is 1. The molecule has 196 valence electrons. The minimum atomic E-state index is -3.48. The summed E-state index contributed by atoms with van der Waals surface area (Å²) in [5.41, 5.74) is 2.10. The summed E-state index contributed by atoms with van der Waals surface area (Å²) in [5.74, 6) is -0.262. The van der Waals surface area contributed by atoms with Crippen molar-refractivity contribution in [3.63, 3.8) is 0 Å². The maximum absolute atomic E-state index is 13.0. The average molecular weight is 504 g/mol. The maximum Gasteiger partial charge on any atom is 0.305 e. The standard InChI is InChI=1S/C29H45NO4S/c1-5-8-21-28(30(4)35(32,33)25-27(16-6-2)17-7-3)22-15-23-29(31)34-24-14-13-20-26-18-11-9-10-12-19-26/h6-7,9-12,16-18,28H,2,5,8,13-15,19-25H2,1,3-4H3/b17-7-,27-16+. The number of unbranched alkanes of at least 4 members (excludes halogenated alkanes) is 2. The van der Waals surface area contributed by atoms with Crippen LogP contribution in [0.15, 0.2) is 72.4 Å². The third kappa shape index (κ3) is 13.5. The Hall–Kier alpha value is -2.18. The first kappa shape index (κ1) is 30.9. The summed E-state index contributed by atoms with van der Waals surface area (Å²) in [5, 5.41) is 0. The second-order valence-corrected chi connectivity index (χ2v) is 11.0. The van der Waals surface area contributed by atoms with E-state index in [4.69, 9.17) is 4.74 Å². The largest absolute Gasteiger partial charge is 0.466 e. The molecule has 1 rings (SSSR count). The molecule has 0 amide bonds. The zero-order valence-electron chi connectivity index (χ0n) is 22.0. The van der Waals surface area contributed by atoms with Crippen molar-refractivity contribution in [2.45, 2.75) is 84.1 Å². The van der Waals surface area contributed by atoms with Crippen LogP contribution in [0, 0.1) is 0 Å². The van der Waals surface area contributed by atoms with Crippen LogP contribution < -0.4 is 0 Å². The van der Waals surface area contributed by atoms with Gasteiger partial charge in [0.15, 0.2) is 0 Å². The molecule has 0 aromatic heterocycles. The van der Waals surface area contributed by atoms with Crippen LogP contribution in [0.3, 0.4) is 0 Å². The lowest BCUT2D eigenvalue weighted by molar-refractivity contribution is -0.143. The molecule has 5 nitrogen and oxygen atoms in total. The molecule has 0 radical (unpaired) electrons. The molecule has 0 saturated carbocycles. The van der Waals surface area contributed by atoms with Gasteiger partial charge in [0.05, 0.1) is 12.4 Å². The number of nitrogens with zero attached hydrogens (tertiary/aromatic N) is 1. The van der Waals surface area contributed by atoms with Crippen LogP contribution in [0.25, 0.3) is 0 Å². The van der Waals surface area contributed by atoms with Gasteiger partial charge in [-0.1, -0.05) is 86.6 Å². The summed E-state index contributed by atoms with van der Waals surface area (Å²) in [6, 6.07) is -0.126. The van der Waals surface area contributed by atoms with Gasteiger partial charge in [-0.15, -0.1) is 0 Å². The highest BCUT2D eigenvalue weighted by molar-refractivity contribution is 7.89. The van der Waals surface area contributed by atoms with Gasteiger partial charge in [0.25, 0.3) is 0 Å². The topological polar surface area (TPSA) is 63.7 Å². The number of carbonyl (C=O) groups excluding carboxylic acids is 1. The molecule has 0 aliphatic heterocycles. The SMILES string of the molecule is C=C/C=C(\C=C/C)CS(=O)(=O)N(C)C(CCCC)CCCC(=O)OCCCCC1=CC=CC=CC1. The molecule has 0 aromatic carbocycles. The normalized spacial score (nSPS) is 15.3. The Balaban J connectivity index is 2.47. The number of carbonyl (C=O) groups is 1. The fraction of sp³-hybridized carbons (Fsp3) is 0.552. The van der Waals surface area contributed by atoms with E-state index in [1.54, 1.807) is 25.3 Å². The quantitative estimate of drug-likeness (QED) is 0.117. The molecule has 0 saturated heterocycles. The van der Waals surface area contributed by atoms with Gasteiger partial charge < -0.3 is 4.74 Å². The van der Waals surface area contributed by atoms with Gasteiger partial charge in [-0.3, -0.25) is 4.79 Å². The molecule has 1 aliphatic carbocycles. The van der Waals surface area contributed by atoms with E-state index in [0.29, 0.717) is 31.4 Å². The Morgan fingerprint density at radius 3 is 2.66 bits per heavy atom. The molecule has 0 bridgehead atoms. The van der Waals surface area contributed by atoms with Gasteiger partial charge >= 0.3 is 5.97 Å². The van der Waals surface area contributed by atoms with Crippen molar-refractivity contribution in [2.75, 3.05) is 19.4 Å². The zero-order chi connectivity index (χ0) is 25.9. The summed E-state index contributed by atoms with van der Waals surface area (Å²) in [4.78, 5) is 12.2. The van der Waals surface area contributed by atoms with Crippen molar-refractivity contribution < 1.29 is 17.9 Å². The zero-order valence-corrected chi connectivity index (χ0v) is 22.8. The molecule has 6 heteroatoms. The summed E-state index contributed by atoms with van der Waals surface area (Å²) in [7, 11) is -1.82. The number of hydrogen-bond acceptors (Lipinski definition) is 4. The van der Waals surface area contributed by atoms with Crippen LogP contribution >= 0.6 is 0 Å². The number of esters is 1. The molecule has 0 spiro atoms. The third-order valence-corrected chi connectivity index (χ3v) is 7.92. The van der Waals surface area contributed by atoms with Crippen molar-refractivity contribution in [3.05, 3.63) is 72.4 Å². The Morgan fingerprint density at radius 1 is 1.17 bits per heavy atom. The van der Waals surface area contributed by atoms with E-state index in [2.05, 4.69) is 37.8 Å². The molecular formula is C29H45NO4S. The molecule has 0 heterocycles. The number of sulfonamides is 1. The van der Waals surface area contributed by atoms with Crippen LogP contribution in [0.4, 0.5) is 0 Å². The van der Waals surface area contributed by atoms with E-state index < -0.39 is 10.0 Å². The molecular weight excluding hydrogens is 458 g/mol. The highest BCUT2D eigenvalue weighted by Crippen LogP contribution is 2.20. The summed E-state index contributed by atoms with van der Waals surface area (Å²) < 4.78 is 33.0. The molecule has 35 heavy (non-hydrogen) atoms. The smallest absolute Gasteiger partial charge is 0.305 e. The van der Waals surface area contributed by atoms with E-state index in [-0.39, 0.29) is 17.8 Å². The number of hydrogen-bond donors (Lipinski definition) is 0. The van der Waals surface area contributed by atoms with Gasteiger partial charge in [-0.25, -0.2) is 12.7 Å². The predicted octanol–water partition coefficient (Wildman–Crippen LogP) is 6.82. The van der Waals surface area contributed by atoms with Crippen LogP contribution in [0.2, 0.25) is 0 Å². The second-order valence-electron chi connectivity index (χ2n) is 8.96. The Labute approximate surface area is 214 Å². The van der Waals surface area contributed by atoms with Gasteiger partial charge in [-0.05, 0) is 57.4 Å². The molecule has 1 unspecified atom stereocenters. The van der Waals surface area contributed by atoms with Crippen molar-refractivity contribution in [1.82, 2.24) is 4.31 Å². The predicted molar refractivity (Wildman–Crippen MR) is 148 cm³/mol. The van der Waals surface area contributed by atoms with Gasteiger partial charge in [-0.2, -0.15) is 0 Å². The van der Waals surface area contributed by atoms with E-state index in [1.165, 1.54) is 9.88 Å². The maximum atomic E-state index is 13.0. The van der Waals surface area contributed by atoms with Crippen molar-refractivity contribution in [2.24, 2.45) is 0 Å². The van der Waals surface area contributed by atoms with E-state index in [9.17, 15) is 13.2 Å². The molecule has 1 aliphatic rings. The number of rotatable bonds is 18. The van der Waals surface area contributed by atoms with Crippen LogP contribution in [-0.2, 0) is 19.6 Å². The minimum absolute atomic E-state index is 0.0615. The fourth-order valence-corrected chi connectivity index (χ4v) is 5.49. The highest BCUT2D eigenvalue weighted by atomic mass is 32.2. The van der Waals surface area contributed by atoms with Crippen LogP contribution in [-0.4, -0.2) is 44.1 Å². The lowest BCUT2D eigenvalue weighted by atomic mass is 10.0. The third-order valence-electron chi connectivity index (χ3n) is 6.05. The molecule has 0 N–H and O–H groups in total. The molecule has 1 atom stereocenters. The Kier molecular flexibility index (Phi) is 16.0.